The number of nitro groups is 1. The van der Waals surface area contributed by atoms with Crippen LogP contribution in [0.25, 0.3) is 0 Å². The molecule has 0 unspecified atom stereocenters. The van der Waals surface area contributed by atoms with E-state index in [2.05, 4.69) is 15.2 Å². The molecule has 9 heteroatoms. The van der Waals surface area contributed by atoms with Crippen molar-refractivity contribution < 1.29 is 14.5 Å². The first kappa shape index (κ1) is 21.4. The number of carbonyl (C=O) groups is 1. The van der Waals surface area contributed by atoms with E-state index < -0.39 is 10.5 Å². The fourth-order valence-corrected chi connectivity index (χ4v) is 3.23. The molecule has 1 aliphatic rings. The van der Waals surface area contributed by atoms with Crippen LogP contribution < -0.4 is 10.2 Å². The standard InChI is InChI=1S/C21H27N5O4/c1-15-13-16(7-8-22-15)23-18-14-17(5-6-19(18)26(28)29)24-9-11-25(12-10-24)20(27)30-21(2,3)4/h5-8,13-14H,9-12H2,1-4H3,(H,22,23). The van der Waals surface area contributed by atoms with Gasteiger partial charge >= 0.3 is 6.09 Å². The normalized spacial score (nSPS) is 14.4. The predicted molar refractivity (Wildman–Crippen MR) is 115 cm³/mol. The summed E-state index contributed by atoms with van der Waals surface area (Å²) in [6.45, 7) is 9.68. The number of anilines is 3. The number of piperazine rings is 1. The predicted octanol–water partition coefficient (Wildman–Crippen LogP) is 4.10. The Bertz CT molecular complexity index is 933. The number of hydrogen-bond donors (Lipinski definition) is 1. The highest BCUT2D eigenvalue weighted by atomic mass is 16.6. The van der Waals surface area contributed by atoms with E-state index in [0.29, 0.717) is 31.9 Å². The van der Waals surface area contributed by atoms with E-state index in [9.17, 15) is 14.9 Å². The fourth-order valence-electron chi connectivity index (χ4n) is 3.23. The first-order valence-electron chi connectivity index (χ1n) is 9.83. The quantitative estimate of drug-likeness (QED) is 0.595. The third kappa shape index (κ3) is 5.37. The van der Waals surface area contributed by atoms with E-state index in [4.69, 9.17) is 4.74 Å². The summed E-state index contributed by atoms with van der Waals surface area (Å²) in [4.78, 5) is 31.3. The summed E-state index contributed by atoms with van der Waals surface area (Å²) in [5.41, 5.74) is 2.30. The first-order chi connectivity index (χ1) is 14.1. The third-order valence-electron chi connectivity index (χ3n) is 4.65. The number of amides is 1. The first-order valence-corrected chi connectivity index (χ1v) is 9.83. The van der Waals surface area contributed by atoms with Gasteiger partial charge in [0.05, 0.1) is 4.92 Å². The van der Waals surface area contributed by atoms with Crippen LogP contribution in [0.15, 0.2) is 36.5 Å². The van der Waals surface area contributed by atoms with Crippen LogP contribution in [0.5, 0.6) is 0 Å². The van der Waals surface area contributed by atoms with E-state index >= 15 is 0 Å². The van der Waals surface area contributed by atoms with Crippen molar-refractivity contribution >= 4 is 28.8 Å². The lowest BCUT2D eigenvalue weighted by Crippen LogP contribution is -2.50. The third-order valence-corrected chi connectivity index (χ3v) is 4.65. The molecule has 0 atom stereocenters. The van der Waals surface area contributed by atoms with Crippen LogP contribution in [0, 0.1) is 17.0 Å². The summed E-state index contributed by atoms with van der Waals surface area (Å²) in [5.74, 6) is 0. The molecular weight excluding hydrogens is 386 g/mol. The molecule has 2 heterocycles. The Hall–Kier alpha value is -3.36. The number of ether oxygens (including phenoxy) is 1. The Balaban J connectivity index is 1.74. The van der Waals surface area contributed by atoms with Gasteiger partial charge in [-0.15, -0.1) is 0 Å². The fraction of sp³-hybridized carbons (Fsp3) is 0.429. The minimum Gasteiger partial charge on any atom is -0.444 e. The minimum absolute atomic E-state index is 0.000561. The van der Waals surface area contributed by atoms with Crippen LogP contribution in [0.2, 0.25) is 0 Å². The Morgan fingerprint density at radius 1 is 1.17 bits per heavy atom. The molecule has 0 spiro atoms. The number of benzene rings is 1. The van der Waals surface area contributed by atoms with Gasteiger partial charge in [0.15, 0.2) is 0 Å². The molecule has 0 aliphatic carbocycles. The number of pyridine rings is 1. The topological polar surface area (TPSA) is 101 Å². The number of nitro benzene ring substituents is 1. The maximum absolute atomic E-state index is 12.3. The lowest BCUT2D eigenvalue weighted by molar-refractivity contribution is -0.383. The number of aryl methyl sites for hydroxylation is 1. The van der Waals surface area contributed by atoms with E-state index in [1.54, 1.807) is 29.3 Å². The lowest BCUT2D eigenvalue weighted by Gasteiger charge is -2.36. The molecule has 1 aromatic carbocycles. The molecule has 0 bridgehead atoms. The van der Waals surface area contributed by atoms with Gasteiger partial charge in [0.1, 0.15) is 11.3 Å². The molecule has 1 saturated heterocycles. The largest absolute Gasteiger partial charge is 0.444 e. The van der Waals surface area contributed by atoms with Crippen molar-refractivity contribution in [2.45, 2.75) is 33.3 Å². The van der Waals surface area contributed by atoms with Gasteiger partial charge in [-0.25, -0.2) is 4.79 Å². The molecule has 3 rings (SSSR count). The number of carbonyl (C=O) groups excluding carboxylic acids is 1. The monoisotopic (exact) mass is 413 g/mol. The van der Waals surface area contributed by atoms with Crippen molar-refractivity contribution in [2.75, 3.05) is 36.4 Å². The van der Waals surface area contributed by atoms with Gasteiger partial charge in [0.2, 0.25) is 0 Å². The van der Waals surface area contributed by atoms with Gasteiger partial charge in [-0.2, -0.15) is 0 Å². The van der Waals surface area contributed by atoms with Gasteiger partial charge in [-0.3, -0.25) is 15.1 Å². The molecule has 1 amide bonds. The number of rotatable bonds is 4. The Kier molecular flexibility index (Phi) is 6.09. The summed E-state index contributed by atoms with van der Waals surface area (Å²) >= 11 is 0. The summed E-state index contributed by atoms with van der Waals surface area (Å²) in [6.07, 6.45) is 1.34. The summed E-state index contributed by atoms with van der Waals surface area (Å²) in [6, 6.07) is 8.62. The maximum atomic E-state index is 12.3. The summed E-state index contributed by atoms with van der Waals surface area (Å²) in [7, 11) is 0. The van der Waals surface area contributed by atoms with Crippen LogP contribution in [-0.2, 0) is 4.74 Å². The van der Waals surface area contributed by atoms with E-state index in [1.807, 2.05) is 33.8 Å². The van der Waals surface area contributed by atoms with Crippen molar-refractivity contribution in [3.05, 3.63) is 52.3 Å². The van der Waals surface area contributed by atoms with Crippen molar-refractivity contribution in [3.8, 4) is 0 Å². The van der Waals surface area contributed by atoms with E-state index in [1.165, 1.54) is 6.07 Å². The second-order valence-electron chi connectivity index (χ2n) is 8.22. The van der Waals surface area contributed by atoms with Crippen molar-refractivity contribution in [2.24, 2.45) is 0 Å². The molecule has 9 nitrogen and oxygen atoms in total. The molecule has 1 aliphatic heterocycles. The molecule has 0 radical (unpaired) electrons. The number of hydrogen-bond acceptors (Lipinski definition) is 7. The van der Waals surface area contributed by atoms with Crippen LogP contribution >= 0.6 is 0 Å². The summed E-state index contributed by atoms with van der Waals surface area (Å²) < 4.78 is 5.43. The van der Waals surface area contributed by atoms with Crippen LogP contribution in [-0.4, -0.2) is 52.7 Å². The average Bonchev–Trinajstić information content (AvgIpc) is 2.66. The minimum atomic E-state index is -0.529. The zero-order valence-electron chi connectivity index (χ0n) is 17.7. The molecule has 1 aromatic heterocycles. The van der Waals surface area contributed by atoms with Crippen molar-refractivity contribution in [3.63, 3.8) is 0 Å². The Morgan fingerprint density at radius 3 is 2.47 bits per heavy atom. The van der Waals surface area contributed by atoms with Crippen LogP contribution in [0.1, 0.15) is 26.5 Å². The average molecular weight is 413 g/mol. The van der Waals surface area contributed by atoms with Crippen molar-refractivity contribution in [1.82, 2.24) is 9.88 Å². The van der Waals surface area contributed by atoms with Gasteiger partial charge in [-0.05, 0) is 52.0 Å². The van der Waals surface area contributed by atoms with E-state index in [0.717, 1.165) is 17.1 Å². The van der Waals surface area contributed by atoms with Gasteiger partial charge < -0.3 is 19.9 Å². The molecule has 2 aromatic rings. The van der Waals surface area contributed by atoms with Gasteiger partial charge in [-0.1, -0.05) is 0 Å². The van der Waals surface area contributed by atoms with E-state index in [-0.39, 0.29) is 11.8 Å². The molecule has 0 saturated carbocycles. The second-order valence-corrected chi connectivity index (χ2v) is 8.22. The second kappa shape index (κ2) is 8.56. The maximum Gasteiger partial charge on any atom is 0.410 e. The van der Waals surface area contributed by atoms with Crippen molar-refractivity contribution in [1.29, 1.82) is 0 Å². The van der Waals surface area contributed by atoms with Gasteiger partial charge in [0.25, 0.3) is 5.69 Å². The molecule has 160 valence electrons. The highest BCUT2D eigenvalue weighted by Gasteiger charge is 2.26. The molecule has 1 fully saturated rings. The number of aromatic nitrogens is 1. The highest BCUT2D eigenvalue weighted by Crippen LogP contribution is 2.32. The van der Waals surface area contributed by atoms with Crippen LogP contribution in [0.3, 0.4) is 0 Å². The summed E-state index contributed by atoms with van der Waals surface area (Å²) in [5, 5.41) is 14.6. The van der Waals surface area contributed by atoms with Crippen LogP contribution in [0.4, 0.5) is 27.5 Å². The molecule has 1 N–H and O–H groups in total. The SMILES string of the molecule is Cc1cc(Nc2cc(N3CCN(C(=O)OC(C)(C)C)CC3)ccc2[N+](=O)[O-])ccn1. The zero-order chi connectivity index (χ0) is 21.9. The molecule has 30 heavy (non-hydrogen) atoms. The Morgan fingerprint density at radius 2 is 1.87 bits per heavy atom. The lowest BCUT2D eigenvalue weighted by atomic mass is 10.2. The Labute approximate surface area is 175 Å². The number of nitrogens with zero attached hydrogens (tertiary/aromatic N) is 4. The number of nitrogens with one attached hydrogen (secondary N) is 1. The highest BCUT2D eigenvalue weighted by molar-refractivity contribution is 5.74. The smallest absolute Gasteiger partial charge is 0.410 e. The molecular formula is C21H27N5O4. The van der Waals surface area contributed by atoms with Gasteiger partial charge in [0, 0.05) is 55.5 Å². The zero-order valence-corrected chi connectivity index (χ0v) is 17.7.